The van der Waals surface area contributed by atoms with E-state index >= 15 is 0 Å². The largest absolute Gasteiger partial charge is 0.733 e. The van der Waals surface area contributed by atoms with Crippen LogP contribution in [0.3, 0.4) is 0 Å². The molecule has 7 nitrogen and oxygen atoms in total. The van der Waals surface area contributed by atoms with Crippen LogP contribution in [0.5, 0.6) is 0 Å². The van der Waals surface area contributed by atoms with Gasteiger partial charge >= 0.3 is 0 Å². The fourth-order valence-electron chi connectivity index (χ4n) is 3.94. The molecule has 4 rings (SSSR count). The summed E-state index contributed by atoms with van der Waals surface area (Å²) < 4.78 is 7.11. The van der Waals surface area contributed by atoms with Crippen LogP contribution in [-0.2, 0) is 6.54 Å². The van der Waals surface area contributed by atoms with Crippen molar-refractivity contribution in [2.45, 2.75) is 38.8 Å². The quantitative estimate of drug-likeness (QED) is 0.497. The van der Waals surface area contributed by atoms with Gasteiger partial charge in [0.15, 0.2) is 0 Å². The minimum atomic E-state index is -0.116. The van der Waals surface area contributed by atoms with E-state index in [1.165, 1.54) is 0 Å². The average Bonchev–Trinajstić information content (AvgIpc) is 3.41. The molecule has 2 aromatic heterocycles. The molecule has 7 heteroatoms. The third-order valence-electron chi connectivity index (χ3n) is 5.24. The minimum absolute atomic E-state index is 0.116. The van der Waals surface area contributed by atoms with Gasteiger partial charge in [-0.1, -0.05) is 24.3 Å². The second-order valence-electron chi connectivity index (χ2n) is 7.05. The Kier molecular flexibility index (Phi) is 5.04. The van der Waals surface area contributed by atoms with Crippen LogP contribution in [-0.4, -0.2) is 21.0 Å². The molecule has 0 saturated carbocycles. The number of aromatic nitrogens is 2. The lowest BCUT2D eigenvalue weighted by molar-refractivity contribution is 0.296. The van der Waals surface area contributed by atoms with Gasteiger partial charge in [0.2, 0.25) is 0 Å². The van der Waals surface area contributed by atoms with Crippen LogP contribution in [0.25, 0.3) is 5.69 Å². The second kappa shape index (κ2) is 7.63. The summed E-state index contributed by atoms with van der Waals surface area (Å²) in [6, 6.07) is 11.0. The van der Waals surface area contributed by atoms with Gasteiger partial charge in [-0.2, -0.15) is 5.10 Å². The highest BCUT2D eigenvalue weighted by Gasteiger charge is 2.26. The van der Waals surface area contributed by atoms with Gasteiger partial charge in [-0.25, -0.2) is 4.68 Å². The molecular weight excluding hydrogens is 356 g/mol. The van der Waals surface area contributed by atoms with Crippen molar-refractivity contribution in [3.05, 3.63) is 82.7 Å². The van der Waals surface area contributed by atoms with E-state index in [4.69, 9.17) is 4.42 Å². The van der Waals surface area contributed by atoms with Crippen molar-refractivity contribution in [2.24, 2.45) is 0 Å². The molecular formula is C21H23N4O3-. The number of rotatable bonds is 6. The zero-order chi connectivity index (χ0) is 19.7. The Bertz CT molecular complexity index is 976. The lowest BCUT2D eigenvalue weighted by atomic mass is 9.96. The Labute approximate surface area is 163 Å². The zero-order valence-electron chi connectivity index (χ0n) is 15.9. The van der Waals surface area contributed by atoms with Gasteiger partial charge in [0, 0.05) is 23.2 Å². The second-order valence-corrected chi connectivity index (χ2v) is 7.05. The number of anilines is 1. The van der Waals surface area contributed by atoms with Crippen molar-refractivity contribution in [3.63, 3.8) is 0 Å². The van der Waals surface area contributed by atoms with Crippen LogP contribution in [0, 0.1) is 19.1 Å². The van der Waals surface area contributed by atoms with E-state index in [0.29, 0.717) is 12.2 Å². The molecule has 2 heterocycles. The highest BCUT2D eigenvalue weighted by atomic mass is 16.8. The van der Waals surface area contributed by atoms with Gasteiger partial charge in [0.25, 0.3) is 0 Å². The molecule has 0 spiro atoms. The Morgan fingerprint density at radius 3 is 2.82 bits per heavy atom. The monoisotopic (exact) mass is 379 g/mol. The maximum Gasteiger partial charge on any atom is 0.117 e. The molecule has 1 aliphatic rings. The molecule has 0 radical (unpaired) electrons. The van der Waals surface area contributed by atoms with Gasteiger partial charge < -0.3 is 20.2 Å². The van der Waals surface area contributed by atoms with Crippen molar-refractivity contribution < 1.29 is 9.62 Å². The third-order valence-corrected chi connectivity index (χ3v) is 5.24. The first kappa shape index (κ1) is 18.5. The van der Waals surface area contributed by atoms with Crippen LogP contribution in [0.4, 0.5) is 5.69 Å². The Hall–Kier alpha value is -2.87. The molecule has 0 aliphatic heterocycles. The average molecular weight is 379 g/mol. The van der Waals surface area contributed by atoms with E-state index in [0.717, 1.165) is 29.1 Å². The molecule has 0 bridgehead atoms. The van der Waals surface area contributed by atoms with E-state index in [1.54, 1.807) is 29.1 Å². The van der Waals surface area contributed by atoms with Gasteiger partial charge in [-0.3, -0.25) is 5.21 Å². The van der Waals surface area contributed by atoms with E-state index < -0.39 is 0 Å². The first-order valence-electron chi connectivity index (χ1n) is 9.30. The van der Waals surface area contributed by atoms with Gasteiger partial charge in [-0.05, 0) is 44.5 Å². The van der Waals surface area contributed by atoms with Crippen LogP contribution in [0.2, 0.25) is 0 Å². The third kappa shape index (κ3) is 3.47. The SMILES string of the molecule is Cc1nn(-c2ccccc2N([O-])O)c(C)c1C1C=CC(NCc2ccco2)C1. The molecule has 2 N–H and O–H groups in total. The fraction of sp³-hybridized carbons (Fsp3) is 0.286. The number of nitrogens with one attached hydrogen (secondary N) is 1. The van der Waals surface area contributed by atoms with E-state index in [-0.39, 0.29) is 22.9 Å². The summed E-state index contributed by atoms with van der Waals surface area (Å²) in [5, 5.41) is 29.0. The Morgan fingerprint density at radius 2 is 2.07 bits per heavy atom. The summed E-state index contributed by atoms with van der Waals surface area (Å²) in [5.41, 5.74) is 3.77. The number of furan rings is 1. The standard InChI is InChI=1S/C21H23N4O3/c1-14-21(16-9-10-17(12-16)22-13-18-6-5-11-28-18)15(2)24(23-14)19-7-3-4-8-20(19)25(26)27/h3-11,16-17,22,26H,12-13H2,1-2H3/q-1. The van der Waals surface area contributed by atoms with Crippen molar-refractivity contribution >= 4 is 5.69 Å². The smallest absolute Gasteiger partial charge is 0.117 e. The van der Waals surface area contributed by atoms with Crippen LogP contribution in [0.1, 0.15) is 35.1 Å². The predicted octanol–water partition coefficient (Wildman–Crippen LogP) is 3.98. The molecule has 0 fully saturated rings. The van der Waals surface area contributed by atoms with Gasteiger partial charge in [-0.15, -0.1) is 0 Å². The summed E-state index contributed by atoms with van der Waals surface area (Å²) in [6.45, 7) is 4.66. The van der Waals surface area contributed by atoms with Crippen LogP contribution >= 0.6 is 0 Å². The van der Waals surface area contributed by atoms with Crippen molar-refractivity contribution in [1.29, 1.82) is 0 Å². The first-order chi connectivity index (χ1) is 13.5. The maximum atomic E-state index is 11.5. The van der Waals surface area contributed by atoms with Gasteiger partial charge in [0.1, 0.15) is 5.76 Å². The molecule has 0 amide bonds. The number of para-hydroxylation sites is 2. The number of allylic oxidation sites excluding steroid dienone is 1. The number of nitrogens with zero attached hydrogens (tertiary/aromatic N) is 3. The normalized spacial score (nSPS) is 18.7. The maximum absolute atomic E-state index is 11.5. The lowest BCUT2D eigenvalue weighted by Crippen LogP contribution is -2.25. The lowest BCUT2D eigenvalue weighted by Gasteiger charge is -2.24. The number of hydrogen-bond acceptors (Lipinski definition) is 6. The number of aryl methyl sites for hydroxylation is 1. The molecule has 2 unspecified atom stereocenters. The zero-order valence-corrected chi connectivity index (χ0v) is 15.9. The fourth-order valence-corrected chi connectivity index (χ4v) is 3.94. The summed E-state index contributed by atoms with van der Waals surface area (Å²) in [6.07, 6.45) is 7.01. The van der Waals surface area contributed by atoms with Crippen molar-refractivity contribution in [3.8, 4) is 5.69 Å². The predicted molar refractivity (Wildman–Crippen MR) is 107 cm³/mol. The molecule has 1 aliphatic carbocycles. The van der Waals surface area contributed by atoms with Crippen LogP contribution < -0.4 is 10.5 Å². The molecule has 1 aromatic carbocycles. The highest BCUT2D eigenvalue weighted by molar-refractivity contribution is 5.62. The molecule has 28 heavy (non-hydrogen) atoms. The van der Waals surface area contributed by atoms with E-state index in [9.17, 15) is 10.4 Å². The molecule has 2 atom stereocenters. The summed E-state index contributed by atoms with van der Waals surface area (Å²) in [5.74, 6) is 1.16. The van der Waals surface area contributed by atoms with Crippen molar-refractivity contribution in [1.82, 2.24) is 15.1 Å². The van der Waals surface area contributed by atoms with Crippen molar-refractivity contribution in [2.75, 3.05) is 5.23 Å². The first-order valence-corrected chi connectivity index (χ1v) is 9.30. The van der Waals surface area contributed by atoms with E-state index in [2.05, 4.69) is 22.6 Å². The Balaban J connectivity index is 1.55. The number of hydrogen-bond donors (Lipinski definition) is 2. The topological polar surface area (TPSA) is 89.5 Å². The van der Waals surface area contributed by atoms with Crippen LogP contribution in [0.15, 0.2) is 59.2 Å². The summed E-state index contributed by atoms with van der Waals surface area (Å²) >= 11 is 0. The Morgan fingerprint density at radius 1 is 1.25 bits per heavy atom. The van der Waals surface area contributed by atoms with Gasteiger partial charge in [0.05, 0.1) is 29.9 Å². The number of benzene rings is 1. The summed E-state index contributed by atoms with van der Waals surface area (Å²) in [7, 11) is 0. The molecule has 146 valence electrons. The summed E-state index contributed by atoms with van der Waals surface area (Å²) in [4.78, 5) is 0. The minimum Gasteiger partial charge on any atom is -0.733 e. The molecule has 0 saturated heterocycles. The highest BCUT2D eigenvalue weighted by Crippen LogP contribution is 2.35. The molecule has 3 aromatic rings. The van der Waals surface area contributed by atoms with E-state index in [1.807, 2.05) is 32.0 Å².